The van der Waals surface area contributed by atoms with Crippen molar-refractivity contribution in [2.24, 2.45) is 0 Å². The maximum absolute atomic E-state index is 12.8. The maximum atomic E-state index is 12.8. The molecule has 1 aromatic carbocycles. The number of amides is 1. The highest BCUT2D eigenvalue weighted by Gasteiger charge is 2.33. The average molecular weight is 409 g/mol. The van der Waals surface area contributed by atoms with Crippen molar-refractivity contribution in [2.45, 2.75) is 24.3 Å². The molecule has 1 heterocycles. The van der Waals surface area contributed by atoms with Crippen molar-refractivity contribution >= 4 is 35.0 Å². The molecule has 0 saturated heterocycles. The van der Waals surface area contributed by atoms with Crippen LogP contribution in [0, 0.1) is 0 Å². The van der Waals surface area contributed by atoms with Gasteiger partial charge in [-0.15, -0.1) is 10.2 Å². The minimum absolute atomic E-state index is 0.0209. The number of anilines is 1. The van der Waals surface area contributed by atoms with E-state index in [1.165, 1.54) is 6.07 Å². The van der Waals surface area contributed by atoms with Crippen LogP contribution < -0.4 is 5.32 Å². The van der Waals surface area contributed by atoms with E-state index in [0.717, 1.165) is 30.3 Å². The molecule has 0 radical (unpaired) electrons. The van der Waals surface area contributed by atoms with Crippen LogP contribution in [0.1, 0.15) is 12.0 Å². The molecule has 0 fully saturated rings. The topological polar surface area (TPSA) is 69.0 Å². The first-order valence-electron chi connectivity index (χ1n) is 7.47. The van der Waals surface area contributed by atoms with E-state index in [9.17, 15) is 18.0 Å². The Morgan fingerprint density at radius 1 is 1.42 bits per heavy atom. The van der Waals surface area contributed by atoms with Crippen LogP contribution in [-0.4, -0.2) is 40.1 Å². The lowest BCUT2D eigenvalue weighted by molar-refractivity contribution is -0.137. The molecule has 0 bridgehead atoms. The zero-order chi connectivity index (χ0) is 19.2. The molecule has 0 saturated carbocycles. The zero-order valence-electron chi connectivity index (χ0n) is 13.7. The van der Waals surface area contributed by atoms with Crippen LogP contribution in [0.5, 0.6) is 0 Å². The number of carbonyl (C=O) groups excluding carboxylic acids is 1. The minimum Gasteiger partial charge on any atom is -0.385 e. The second-order valence-electron chi connectivity index (χ2n) is 5.18. The summed E-state index contributed by atoms with van der Waals surface area (Å²) in [4.78, 5) is 12.0. The van der Waals surface area contributed by atoms with Gasteiger partial charge in [-0.3, -0.25) is 4.79 Å². The molecule has 0 unspecified atom stereocenters. The highest BCUT2D eigenvalue weighted by molar-refractivity contribution is 7.99. The Balaban J connectivity index is 1.93. The first-order valence-corrected chi connectivity index (χ1v) is 8.83. The summed E-state index contributed by atoms with van der Waals surface area (Å²) >= 11 is 6.69. The van der Waals surface area contributed by atoms with Crippen molar-refractivity contribution in [1.29, 1.82) is 0 Å². The minimum atomic E-state index is -4.59. The molecule has 2 aromatic rings. The van der Waals surface area contributed by atoms with E-state index in [4.69, 9.17) is 16.3 Å². The molecule has 0 aliphatic carbocycles. The van der Waals surface area contributed by atoms with E-state index >= 15 is 0 Å². The molecule has 142 valence electrons. The van der Waals surface area contributed by atoms with Crippen molar-refractivity contribution in [3.8, 4) is 0 Å². The molecular formula is C15H16ClF3N4O2S. The smallest absolute Gasteiger partial charge is 0.385 e. The number of nitrogens with zero attached hydrogens (tertiary/aromatic N) is 3. The van der Waals surface area contributed by atoms with Gasteiger partial charge >= 0.3 is 6.18 Å². The van der Waals surface area contributed by atoms with Crippen LogP contribution in [0.15, 0.2) is 29.7 Å². The molecule has 0 aliphatic rings. The van der Waals surface area contributed by atoms with E-state index in [-0.39, 0.29) is 11.4 Å². The van der Waals surface area contributed by atoms with Gasteiger partial charge in [-0.05, 0) is 24.6 Å². The number of ether oxygens (including phenoxy) is 1. The summed E-state index contributed by atoms with van der Waals surface area (Å²) in [6, 6.07) is 3.21. The lowest BCUT2D eigenvalue weighted by Crippen LogP contribution is -2.15. The molecule has 0 spiro atoms. The number of halogens is 4. The third kappa shape index (κ3) is 5.89. The summed E-state index contributed by atoms with van der Waals surface area (Å²) in [7, 11) is 1.60. The van der Waals surface area contributed by atoms with Gasteiger partial charge in [-0.1, -0.05) is 23.4 Å². The summed E-state index contributed by atoms with van der Waals surface area (Å²) in [5, 5.41) is 10.3. The number of benzene rings is 1. The van der Waals surface area contributed by atoms with Gasteiger partial charge in [-0.2, -0.15) is 13.2 Å². The largest absolute Gasteiger partial charge is 0.417 e. The number of aryl methyl sites for hydroxylation is 1. The number of thioether (sulfide) groups is 1. The van der Waals surface area contributed by atoms with Crippen molar-refractivity contribution < 1.29 is 22.7 Å². The lowest BCUT2D eigenvalue weighted by Gasteiger charge is -2.11. The second kappa shape index (κ2) is 9.24. The highest BCUT2D eigenvalue weighted by atomic mass is 35.5. The summed E-state index contributed by atoms with van der Waals surface area (Å²) < 4.78 is 45.3. The van der Waals surface area contributed by atoms with E-state index in [0.29, 0.717) is 18.3 Å². The highest BCUT2D eigenvalue weighted by Crippen LogP contribution is 2.36. The lowest BCUT2D eigenvalue weighted by atomic mass is 10.2. The molecule has 11 heteroatoms. The number of carbonyl (C=O) groups is 1. The molecular weight excluding hydrogens is 393 g/mol. The fourth-order valence-corrected chi connectivity index (χ4v) is 3.00. The van der Waals surface area contributed by atoms with Crippen molar-refractivity contribution in [2.75, 3.05) is 24.8 Å². The zero-order valence-corrected chi connectivity index (χ0v) is 15.3. The van der Waals surface area contributed by atoms with Gasteiger partial charge in [0.25, 0.3) is 0 Å². The number of rotatable bonds is 8. The number of hydrogen-bond acceptors (Lipinski definition) is 5. The summed E-state index contributed by atoms with van der Waals surface area (Å²) in [6.07, 6.45) is -2.28. The van der Waals surface area contributed by atoms with Gasteiger partial charge in [0.15, 0.2) is 5.16 Å². The van der Waals surface area contributed by atoms with Gasteiger partial charge in [0, 0.05) is 25.9 Å². The van der Waals surface area contributed by atoms with Crippen LogP contribution >= 0.6 is 23.4 Å². The number of alkyl halides is 3. The molecule has 2 rings (SSSR count). The van der Waals surface area contributed by atoms with Crippen LogP contribution in [0.2, 0.25) is 5.02 Å². The second-order valence-corrected chi connectivity index (χ2v) is 6.53. The monoisotopic (exact) mass is 408 g/mol. The predicted molar refractivity (Wildman–Crippen MR) is 92.3 cm³/mol. The first kappa shape index (κ1) is 20.5. The number of aromatic nitrogens is 3. The molecule has 26 heavy (non-hydrogen) atoms. The fourth-order valence-electron chi connectivity index (χ4n) is 2.04. The van der Waals surface area contributed by atoms with Gasteiger partial charge in [0.1, 0.15) is 6.33 Å². The average Bonchev–Trinajstić information content (AvgIpc) is 3.01. The predicted octanol–water partition coefficient (Wildman–Crippen LogP) is 3.72. The van der Waals surface area contributed by atoms with Gasteiger partial charge in [0.2, 0.25) is 5.91 Å². The number of methoxy groups -OCH3 is 1. The van der Waals surface area contributed by atoms with Crippen molar-refractivity contribution in [3.05, 3.63) is 35.1 Å². The third-order valence-corrected chi connectivity index (χ3v) is 4.53. The van der Waals surface area contributed by atoms with E-state index in [2.05, 4.69) is 15.5 Å². The van der Waals surface area contributed by atoms with Crippen LogP contribution in [0.4, 0.5) is 18.9 Å². The standard InChI is InChI=1S/C15H16ClF3N4O2S/c1-25-6-2-5-23-9-20-22-14(23)26-8-13(24)21-10-3-4-12(16)11(7-10)15(17,18)19/h3-4,7,9H,2,5-6,8H2,1H3,(H,21,24). The molecule has 1 aromatic heterocycles. The van der Waals surface area contributed by atoms with E-state index in [1.807, 2.05) is 0 Å². The quantitative estimate of drug-likeness (QED) is 0.532. The summed E-state index contributed by atoms with van der Waals surface area (Å²) in [5.74, 6) is -0.482. The van der Waals surface area contributed by atoms with Gasteiger partial charge in [-0.25, -0.2) is 0 Å². The Morgan fingerprint density at radius 2 is 2.19 bits per heavy atom. The van der Waals surface area contributed by atoms with Crippen molar-refractivity contribution in [1.82, 2.24) is 14.8 Å². The molecule has 6 nitrogen and oxygen atoms in total. The van der Waals surface area contributed by atoms with Crippen LogP contribution in [0.25, 0.3) is 0 Å². The SMILES string of the molecule is COCCCn1cnnc1SCC(=O)Nc1ccc(Cl)c(C(F)(F)F)c1. The Bertz CT molecular complexity index is 755. The van der Waals surface area contributed by atoms with Crippen LogP contribution in [0.3, 0.4) is 0 Å². The van der Waals surface area contributed by atoms with Crippen molar-refractivity contribution in [3.63, 3.8) is 0 Å². The summed E-state index contributed by atoms with van der Waals surface area (Å²) in [5.41, 5.74) is -0.976. The molecule has 1 amide bonds. The summed E-state index contributed by atoms with van der Waals surface area (Å²) in [6.45, 7) is 1.22. The Morgan fingerprint density at radius 3 is 2.88 bits per heavy atom. The fraction of sp³-hybridized carbons (Fsp3) is 0.400. The Kier molecular flexibility index (Phi) is 7.30. The first-order chi connectivity index (χ1) is 12.3. The Labute approximate surface area is 157 Å². The normalized spacial score (nSPS) is 11.6. The van der Waals surface area contributed by atoms with E-state index in [1.54, 1.807) is 18.0 Å². The van der Waals surface area contributed by atoms with E-state index < -0.39 is 22.7 Å². The number of nitrogens with one attached hydrogen (secondary N) is 1. The van der Waals surface area contributed by atoms with Gasteiger partial charge < -0.3 is 14.6 Å². The molecule has 1 N–H and O–H groups in total. The van der Waals surface area contributed by atoms with Crippen LogP contribution in [-0.2, 0) is 22.3 Å². The third-order valence-electron chi connectivity index (χ3n) is 3.22. The van der Waals surface area contributed by atoms with Gasteiger partial charge in [0.05, 0.1) is 16.3 Å². The number of hydrogen-bond donors (Lipinski definition) is 1. The molecule has 0 aliphatic heterocycles. The Hall–Kier alpha value is -1.78. The maximum Gasteiger partial charge on any atom is 0.417 e. The molecule has 0 atom stereocenters.